The molecule has 0 spiro atoms. The van der Waals surface area contributed by atoms with E-state index in [-0.39, 0.29) is 6.04 Å². The number of rotatable bonds is 5. The average Bonchev–Trinajstić information content (AvgIpc) is 2.46. The second-order valence-electron chi connectivity index (χ2n) is 5.02. The molecule has 0 saturated carbocycles. The number of nitrogens with two attached hydrogens (primary N) is 1. The lowest BCUT2D eigenvalue weighted by molar-refractivity contribution is 0.302. The molecule has 104 valence electrons. The highest BCUT2D eigenvalue weighted by molar-refractivity contribution is 5.45. The molecule has 0 aliphatic rings. The fourth-order valence-corrected chi connectivity index (χ4v) is 2.27. The first-order chi connectivity index (χ1) is 9.61. The van der Waals surface area contributed by atoms with Crippen molar-refractivity contribution in [2.45, 2.75) is 26.5 Å². The Bertz CT molecular complexity index is 567. The van der Waals surface area contributed by atoms with Crippen LogP contribution in [0.4, 0.5) is 0 Å². The topological polar surface area (TPSA) is 35.2 Å². The van der Waals surface area contributed by atoms with Crippen molar-refractivity contribution >= 4 is 0 Å². The monoisotopic (exact) mass is 267 g/mol. The zero-order valence-corrected chi connectivity index (χ0v) is 12.1. The van der Waals surface area contributed by atoms with Gasteiger partial charge >= 0.3 is 0 Å². The zero-order chi connectivity index (χ0) is 14.5. The van der Waals surface area contributed by atoms with Gasteiger partial charge in [0.15, 0.2) is 0 Å². The molecule has 0 fully saturated rings. The molecule has 2 N–H and O–H groups in total. The largest absolute Gasteiger partial charge is 0.488 e. The Morgan fingerprint density at radius 1 is 1.15 bits per heavy atom. The third kappa shape index (κ3) is 3.28. The maximum absolute atomic E-state index is 5.99. The van der Waals surface area contributed by atoms with Crippen LogP contribution in [0.3, 0.4) is 0 Å². The van der Waals surface area contributed by atoms with Gasteiger partial charge in [-0.2, -0.15) is 0 Å². The van der Waals surface area contributed by atoms with E-state index >= 15 is 0 Å². The molecule has 0 radical (unpaired) electrons. The molecular formula is C18H21NO. The van der Waals surface area contributed by atoms with Gasteiger partial charge in [-0.15, -0.1) is 6.58 Å². The lowest BCUT2D eigenvalue weighted by Crippen LogP contribution is -2.08. The molecule has 0 bridgehead atoms. The van der Waals surface area contributed by atoms with E-state index in [1.165, 1.54) is 0 Å². The van der Waals surface area contributed by atoms with Crippen LogP contribution in [0, 0.1) is 13.8 Å². The van der Waals surface area contributed by atoms with Crippen molar-refractivity contribution in [3.63, 3.8) is 0 Å². The van der Waals surface area contributed by atoms with Gasteiger partial charge in [-0.1, -0.05) is 48.5 Å². The molecule has 0 heterocycles. The summed E-state index contributed by atoms with van der Waals surface area (Å²) in [7, 11) is 0. The van der Waals surface area contributed by atoms with E-state index in [0.717, 1.165) is 28.0 Å². The summed E-state index contributed by atoms with van der Waals surface area (Å²) < 4.78 is 5.96. The van der Waals surface area contributed by atoms with Gasteiger partial charge in [-0.3, -0.25) is 0 Å². The lowest BCUT2D eigenvalue weighted by atomic mass is 10.0. The molecule has 0 amide bonds. The number of hydrogen-bond acceptors (Lipinski definition) is 2. The third-order valence-corrected chi connectivity index (χ3v) is 3.35. The van der Waals surface area contributed by atoms with Crippen LogP contribution in [0.5, 0.6) is 5.75 Å². The molecule has 1 atom stereocenters. The Labute approximate surface area is 120 Å². The molecule has 2 heteroatoms. The van der Waals surface area contributed by atoms with Crippen LogP contribution in [0.25, 0.3) is 0 Å². The van der Waals surface area contributed by atoms with E-state index in [2.05, 4.69) is 30.8 Å². The fraction of sp³-hybridized carbons (Fsp3) is 0.222. The van der Waals surface area contributed by atoms with E-state index < -0.39 is 0 Å². The van der Waals surface area contributed by atoms with Gasteiger partial charge in [0, 0.05) is 6.04 Å². The normalized spacial score (nSPS) is 11.9. The first kappa shape index (κ1) is 14.4. The van der Waals surface area contributed by atoms with Crippen molar-refractivity contribution in [3.8, 4) is 5.75 Å². The smallest absolute Gasteiger partial charge is 0.125 e. The molecule has 2 aromatic rings. The number of aryl methyl sites for hydroxylation is 2. The summed E-state index contributed by atoms with van der Waals surface area (Å²) in [6, 6.07) is 14.2. The number of ether oxygens (including phenoxy) is 1. The molecule has 2 rings (SSSR count). The predicted octanol–water partition coefficient (Wildman–Crippen LogP) is 4.07. The van der Waals surface area contributed by atoms with Gasteiger partial charge in [0.1, 0.15) is 12.4 Å². The Hall–Kier alpha value is -2.06. The van der Waals surface area contributed by atoms with Crippen LogP contribution in [0.2, 0.25) is 0 Å². The Balaban J connectivity index is 2.18. The molecule has 0 aliphatic heterocycles. The summed E-state index contributed by atoms with van der Waals surface area (Å²) in [4.78, 5) is 0. The first-order valence-corrected chi connectivity index (χ1v) is 6.78. The SMILES string of the molecule is C=C[C@H](N)c1cc(C)c(OCc2ccccc2)c(C)c1. The first-order valence-electron chi connectivity index (χ1n) is 6.78. The predicted molar refractivity (Wildman–Crippen MR) is 83.8 cm³/mol. The maximum Gasteiger partial charge on any atom is 0.125 e. The number of benzene rings is 2. The van der Waals surface area contributed by atoms with E-state index in [1.54, 1.807) is 6.08 Å². The molecule has 20 heavy (non-hydrogen) atoms. The van der Waals surface area contributed by atoms with Crippen LogP contribution in [-0.4, -0.2) is 0 Å². The van der Waals surface area contributed by atoms with Crippen molar-refractivity contribution in [1.29, 1.82) is 0 Å². The van der Waals surface area contributed by atoms with E-state index in [4.69, 9.17) is 10.5 Å². The molecule has 2 aromatic carbocycles. The van der Waals surface area contributed by atoms with Crippen LogP contribution in [-0.2, 0) is 6.61 Å². The van der Waals surface area contributed by atoms with Crippen molar-refractivity contribution in [3.05, 3.63) is 77.4 Å². The van der Waals surface area contributed by atoms with Gasteiger partial charge < -0.3 is 10.5 Å². The molecule has 0 aromatic heterocycles. The van der Waals surface area contributed by atoms with Gasteiger partial charge in [-0.05, 0) is 36.1 Å². The van der Waals surface area contributed by atoms with E-state index in [9.17, 15) is 0 Å². The second-order valence-corrected chi connectivity index (χ2v) is 5.02. The summed E-state index contributed by atoms with van der Waals surface area (Å²) in [6.07, 6.45) is 1.75. The fourth-order valence-electron chi connectivity index (χ4n) is 2.27. The second kappa shape index (κ2) is 6.40. The highest BCUT2D eigenvalue weighted by Gasteiger charge is 2.09. The van der Waals surface area contributed by atoms with Gasteiger partial charge in [0.25, 0.3) is 0 Å². The molecule has 0 unspecified atom stereocenters. The van der Waals surface area contributed by atoms with Crippen LogP contribution < -0.4 is 10.5 Å². The molecule has 0 saturated heterocycles. The van der Waals surface area contributed by atoms with Crippen LogP contribution in [0.15, 0.2) is 55.1 Å². The number of hydrogen-bond donors (Lipinski definition) is 1. The zero-order valence-electron chi connectivity index (χ0n) is 12.1. The summed E-state index contributed by atoms with van der Waals surface area (Å²) >= 11 is 0. The Kier molecular flexibility index (Phi) is 4.59. The maximum atomic E-state index is 5.99. The summed E-state index contributed by atoms with van der Waals surface area (Å²) in [5, 5.41) is 0. The molecule has 0 aliphatic carbocycles. The van der Waals surface area contributed by atoms with Crippen LogP contribution in [0.1, 0.15) is 28.3 Å². The Morgan fingerprint density at radius 2 is 1.75 bits per heavy atom. The quantitative estimate of drug-likeness (QED) is 0.829. The summed E-state index contributed by atoms with van der Waals surface area (Å²) in [6.45, 7) is 8.41. The van der Waals surface area contributed by atoms with E-state index in [1.807, 2.05) is 32.0 Å². The van der Waals surface area contributed by atoms with Crippen molar-refractivity contribution in [1.82, 2.24) is 0 Å². The van der Waals surface area contributed by atoms with Gasteiger partial charge in [-0.25, -0.2) is 0 Å². The van der Waals surface area contributed by atoms with Crippen molar-refractivity contribution < 1.29 is 4.74 Å². The minimum absolute atomic E-state index is 0.129. The average molecular weight is 267 g/mol. The van der Waals surface area contributed by atoms with E-state index in [0.29, 0.717) is 6.61 Å². The lowest BCUT2D eigenvalue weighted by Gasteiger charge is -2.16. The minimum atomic E-state index is -0.129. The van der Waals surface area contributed by atoms with Crippen molar-refractivity contribution in [2.75, 3.05) is 0 Å². The van der Waals surface area contributed by atoms with Gasteiger partial charge in [0.2, 0.25) is 0 Å². The highest BCUT2D eigenvalue weighted by Crippen LogP contribution is 2.28. The third-order valence-electron chi connectivity index (χ3n) is 3.35. The Morgan fingerprint density at radius 3 is 2.30 bits per heavy atom. The van der Waals surface area contributed by atoms with Gasteiger partial charge in [0.05, 0.1) is 0 Å². The summed E-state index contributed by atoms with van der Waals surface area (Å²) in [5.41, 5.74) is 10.4. The molecular weight excluding hydrogens is 246 g/mol. The van der Waals surface area contributed by atoms with Crippen LogP contribution >= 0.6 is 0 Å². The summed E-state index contributed by atoms with van der Waals surface area (Å²) in [5.74, 6) is 0.939. The highest BCUT2D eigenvalue weighted by atomic mass is 16.5. The minimum Gasteiger partial charge on any atom is -0.488 e. The molecule has 2 nitrogen and oxygen atoms in total. The standard InChI is InChI=1S/C18H21NO/c1-4-17(19)16-10-13(2)18(14(3)11-16)20-12-15-8-6-5-7-9-15/h4-11,17H,1,12,19H2,2-3H3/t17-/m0/s1. The van der Waals surface area contributed by atoms with Crippen molar-refractivity contribution in [2.24, 2.45) is 5.73 Å².